The van der Waals surface area contributed by atoms with Crippen molar-refractivity contribution in [3.8, 4) is 0 Å². The molecule has 3 heterocycles. The fourth-order valence-corrected chi connectivity index (χ4v) is 3.46. The van der Waals surface area contributed by atoms with Gasteiger partial charge in [-0.05, 0) is 30.7 Å². The fraction of sp³-hybridized carbons (Fsp3) is 0.333. The first-order chi connectivity index (χ1) is 12.2. The standard InChI is InChI=1S/C18H20FN5O/c1-20-18(25)23-8-3-7-22(10-11-23)17-16-4-2-9-24(16)15-6-5-13(19)12-14(15)21-17/h2,4-6,9,12H,3,7-8,10-11H2,1H3,(H,20,25). The van der Waals surface area contributed by atoms with E-state index in [9.17, 15) is 9.18 Å². The average Bonchev–Trinajstić information content (AvgIpc) is 2.98. The zero-order chi connectivity index (χ0) is 17.4. The van der Waals surface area contributed by atoms with Crippen LogP contribution in [0, 0.1) is 5.82 Å². The van der Waals surface area contributed by atoms with Gasteiger partial charge in [-0.15, -0.1) is 0 Å². The minimum absolute atomic E-state index is 0.0526. The quantitative estimate of drug-likeness (QED) is 0.740. The van der Waals surface area contributed by atoms with Crippen LogP contribution in [0.15, 0.2) is 36.5 Å². The summed E-state index contributed by atoms with van der Waals surface area (Å²) in [6, 6.07) is 8.61. The Morgan fingerprint density at radius 3 is 2.88 bits per heavy atom. The third-order valence-electron chi connectivity index (χ3n) is 4.70. The Hall–Kier alpha value is -2.83. The van der Waals surface area contributed by atoms with Gasteiger partial charge < -0.3 is 19.5 Å². The summed E-state index contributed by atoms with van der Waals surface area (Å²) in [6.45, 7) is 2.86. The summed E-state index contributed by atoms with van der Waals surface area (Å²) in [6.07, 6.45) is 2.83. The molecule has 1 saturated heterocycles. The van der Waals surface area contributed by atoms with E-state index in [1.54, 1.807) is 13.1 Å². The molecule has 0 atom stereocenters. The van der Waals surface area contributed by atoms with Gasteiger partial charge in [0.15, 0.2) is 5.82 Å². The van der Waals surface area contributed by atoms with Crippen LogP contribution in [0.4, 0.5) is 15.0 Å². The highest BCUT2D eigenvalue weighted by Crippen LogP contribution is 2.26. The lowest BCUT2D eigenvalue weighted by molar-refractivity contribution is 0.204. The minimum Gasteiger partial charge on any atom is -0.353 e. The molecule has 3 aromatic rings. The number of halogens is 1. The molecular formula is C18H20FN5O. The first-order valence-electron chi connectivity index (χ1n) is 8.45. The number of amides is 2. The Morgan fingerprint density at radius 1 is 1.16 bits per heavy atom. The third kappa shape index (κ3) is 2.75. The molecule has 1 N–H and O–H groups in total. The van der Waals surface area contributed by atoms with Gasteiger partial charge in [0.25, 0.3) is 0 Å². The van der Waals surface area contributed by atoms with Crippen LogP contribution in [0.1, 0.15) is 6.42 Å². The van der Waals surface area contributed by atoms with E-state index in [2.05, 4.69) is 10.2 Å². The number of carbonyl (C=O) groups excluding carboxylic acids is 1. The van der Waals surface area contributed by atoms with Crippen molar-refractivity contribution in [2.45, 2.75) is 6.42 Å². The predicted molar refractivity (Wildman–Crippen MR) is 95.5 cm³/mol. The van der Waals surface area contributed by atoms with Crippen molar-refractivity contribution in [1.82, 2.24) is 19.6 Å². The van der Waals surface area contributed by atoms with Crippen LogP contribution in [-0.4, -0.2) is 53.5 Å². The minimum atomic E-state index is -0.292. The summed E-state index contributed by atoms with van der Waals surface area (Å²) in [5.41, 5.74) is 2.51. The first-order valence-corrected chi connectivity index (χ1v) is 8.45. The topological polar surface area (TPSA) is 52.9 Å². The maximum absolute atomic E-state index is 13.7. The van der Waals surface area contributed by atoms with Gasteiger partial charge in [0.2, 0.25) is 0 Å². The van der Waals surface area contributed by atoms with E-state index in [1.165, 1.54) is 12.1 Å². The lowest BCUT2D eigenvalue weighted by Crippen LogP contribution is -2.40. The predicted octanol–water partition coefficient (Wildman–Crippen LogP) is 2.48. The maximum Gasteiger partial charge on any atom is 0.317 e. The smallest absolute Gasteiger partial charge is 0.317 e. The van der Waals surface area contributed by atoms with Crippen LogP contribution in [0.5, 0.6) is 0 Å². The number of aromatic nitrogens is 2. The molecular weight excluding hydrogens is 321 g/mol. The molecule has 0 spiro atoms. The number of anilines is 1. The number of benzene rings is 1. The average molecular weight is 341 g/mol. The molecule has 0 radical (unpaired) electrons. The number of rotatable bonds is 1. The van der Waals surface area contributed by atoms with Crippen molar-refractivity contribution in [1.29, 1.82) is 0 Å². The number of hydrogen-bond acceptors (Lipinski definition) is 3. The lowest BCUT2D eigenvalue weighted by Gasteiger charge is -2.24. The molecule has 1 aliphatic rings. The fourth-order valence-electron chi connectivity index (χ4n) is 3.46. The second kappa shape index (κ2) is 6.23. The Kier molecular flexibility index (Phi) is 3.91. The third-order valence-corrected chi connectivity index (χ3v) is 4.70. The van der Waals surface area contributed by atoms with Crippen LogP contribution in [0.25, 0.3) is 16.6 Å². The molecule has 1 aromatic carbocycles. The van der Waals surface area contributed by atoms with Gasteiger partial charge in [0, 0.05) is 45.5 Å². The molecule has 6 nitrogen and oxygen atoms in total. The van der Waals surface area contributed by atoms with E-state index in [1.807, 2.05) is 27.6 Å². The normalized spacial score (nSPS) is 15.6. The summed E-state index contributed by atoms with van der Waals surface area (Å²) in [4.78, 5) is 20.6. The van der Waals surface area contributed by atoms with Crippen molar-refractivity contribution >= 4 is 28.4 Å². The molecule has 0 saturated carbocycles. The Morgan fingerprint density at radius 2 is 2.04 bits per heavy atom. The Bertz CT molecular complexity index is 938. The van der Waals surface area contributed by atoms with Crippen molar-refractivity contribution in [3.63, 3.8) is 0 Å². The van der Waals surface area contributed by atoms with Gasteiger partial charge in [-0.2, -0.15) is 0 Å². The summed E-state index contributed by atoms with van der Waals surface area (Å²) in [5, 5.41) is 2.68. The molecule has 0 bridgehead atoms. The van der Waals surface area contributed by atoms with Crippen LogP contribution < -0.4 is 10.2 Å². The molecule has 0 unspecified atom stereocenters. The Balaban J connectivity index is 1.75. The summed E-state index contributed by atoms with van der Waals surface area (Å²) < 4.78 is 15.7. The zero-order valence-electron chi connectivity index (χ0n) is 14.1. The molecule has 130 valence electrons. The second-order valence-electron chi connectivity index (χ2n) is 6.21. The monoisotopic (exact) mass is 341 g/mol. The van der Waals surface area contributed by atoms with Crippen molar-refractivity contribution in [3.05, 3.63) is 42.3 Å². The molecule has 25 heavy (non-hydrogen) atoms. The molecule has 7 heteroatoms. The van der Waals surface area contributed by atoms with Crippen LogP contribution in [-0.2, 0) is 0 Å². The number of nitrogens with zero attached hydrogens (tertiary/aromatic N) is 4. The van der Waals surface area contributed by atoms with Crippen LogP contribution in [0.3, 0.4) is 0 Å². The highest BCUT2D eigenvalue weighted by molar-refractivity contribution is 5.85. The number of hydrogen-bond donors (Lipinski definition) is 1. The molecule has 0 aliphatic carbocycles. The summed E-state index contributed by atoms with van der Waals surface area (Å²) in [7, 11) is 1.65. The van der Waals surface area contributed by atoms with E-state index < -0.39 is 0 Å². The van der Waals surface area contributed by atoms with Crippen LogP contribution in [0.2, 0.25) is 0 Å². The highest BCUT2D eigenvalue weighted by atomic mass is 19.1. The van der Waals surface area contributed by atoms with Gasteiger partial charge in [0.05, 0.1) is 16.6 Å². The number of carbonyl (C=O) groups is 1. The van der Waals surface area contributed by atoms with Gasteiger partial charge in [-0.3, -0.25) is 0 Å². The Labute approximate surface area is 144 Å². The van der Waals surface area contributed by atoms with Crippen LogP contribution >= 0.6 is 0 Å². The molecule has 4 rings (SSSR count). The lowest BCUT2D eigenvalue weighted by atomic mass is 10.2. The van der Waals surface area contributed by atoms with Crippen molar-refractivity contribution in [2.75, 3.05) is 38.1 Å². The van der Waals surface area contributed by atoms with Gasteiger partial charge >= 0.3 is 6.03 Å². The molecule has 1 fully saturated rings. The molecule has 2 aromatic heterocycles. The first kappa shape index (κ1) is 15.7. The van der Waals surface area contributed by atoms with E-state index in [4.69, 9.17) is 4.98 Å². The zero-order valence-corrected chi connectivity index (χ0v) is 14.1. The van der Waals surface area contributed by atoms with Gasteiger partial charge in [-0.25, -0.2) is 14.2 Å². The number of nitrogens with one attached hydrogen (secondary N) is 1. The SMILES string of the molecule is CNC(=O)N1CCCN(c2nc3cc(F)ccc3n3cccc23)CC1. The number of urea groups is 1. The van der Waals surface area contributed by atoms with E-state index in [-0.39, 0.29) is 11.8 Å². The second-order valence-corrected chi connectivity index (χ2v) is 6.21. The highest BCUT2D eigenvalue weighted by Gasteiger charge is 2.21. The van der Waals surface area contributed by atoms with Gasteiger partial charge in [-0.1, -0.05) is 0 Å². The number of fused-ring (bicyclic) bond motifs is 3. The maximum atomic E-state index is 13.7. The van der Waals surface area contributed by atoms with Crippen molar-refractivity contribution in [2.24, 2.45) is 0 Å². The van der Waals surface area contributed by atoms with Gasteiger partial charge in [0.1, 0.15) is 5.82 Å². The largest absolute Gasteiger partial charge is 0.353 e. The van der Waals surface area contributed by atoms with E-state index in [0.717, 1.165) is 36.4 Å². The van der Waals surface area contributed by atoms with Crippen molar-refractivity contribution < 1.29 is 9.18 Å². The van der Waals surface area contributed by atoms with E-state index >= 15 is 0 Å². The molecule has 1 aliphatic heterocycles. The van der Waals surface area contributed by atoms with E-state index in [0.29, 0.717) is 18.6 Å². The summed E-state index contributed by atoms with van der Waals surface area (Å²) in [5.74, 6) is 0.543. The summed E-state index contributed by atoms with van der Waals surface area (Å²) >= 11 is 0. The molecule has 2 amide bonds.